The third-order valence-corrected chi connectivity index (χ3v) is 4.17. The van der Waals surface area contributed by atoms with Crippen LogP contribution in [0.4, 0.5) is 11.4 Å². The predicted octanol–water partition coefficient (Wildman–Crippen LogP) is 2.31. The second kappa shape index (κ2) is 9.59. The lowest BCUT2D eigenvalue weighted by molar-refractivity contribution is -0.119. The molecule has 1 aliphatic rings. The number of ether oxygens (including phenoxy) is 2. The van der Waals surface area contributed by atoms with Gasteiger partial charge in [0, 0.05) is 23.4 Å². The fourth-order valence-corrected chi connectivity index (χ4v) is 2.50. The van der Waals surface area contributed by atoms with Crippen LogP contribution in [-0.4, -0.2) is 30.9 Å². The minimum absolute atomic E-state index is 0.0157. The Labute approximate surface area is 168 Å². The summed E-state index contributed by atoms with van der Waals surface area (Å²) in [6, 6.07) is 13.7. The van der Waals surface area contributed by atoms with Gasteiger partial charge in [0.05, 0.1) is 13.0 Å². The Morgan fingerprint density at radius 3 is 2.38 bits per heavy atom. The zero-order chi connectivity index (χ0) is 20.6. The van der Waals surface area contributed by atoms with E-state index < -0.39 is 5.91 Å². The van der Waals surface area contributed by atoms with E-state index in [-0.39, 0.29) is 37.4 Å². The van der Waals surface area contributed by atoms with Gasteiger partial charge in [0.1, 0.15) is 11.5 Å². The maximum Gasteiger partial charge on any atom is 0.262 e. The molecule has 2 aromatic rings. The molecule has 0 spiro atoms. The van der Waals surface area contributed by atoms with Gasteiger partial charge in [-0.05, 0) is 49.2 Å². The number of rotatable bonds is 10. The smallest absolute Gasteiger partial charge is 0.262 e. The second-order valence-electron chi connectivity index (χ2n) is 6.72. The molecule has 0 aromatic heterocycles. The van der Waals surface area contributed by atoms with E-state index in [9.17, 15) is 14.4 Å². The third-order valence-electron chi connectivity index (χ3n) is 4.17. The van der Waals surface area contributed by atoms with Crippen LogP contribution in [0.25, 0.3) is 0 Å². The minimum Gasteiger partial charge on any atom is -0.493 e. The van der Waals surface area contributed by atoms with E-state index in [1.165, 1.54) is 0 Å². The summed E-state index contributed by atoms with van der Waals surface area (Å²) in [4.78, 5) is 34.6. The lowest BCUT2D eigenvalue weighted by atomic mass is 10.3. The molecule has 1 fully saturated rings. The van der Waals surface area contributed by atoms with Crippen molar-refractivity contribution in [3.8, 4) is 11.5 Å². The monoisotopic (exact) mass is 397 g/mol. The van der Waals surface area contributed by atoms with Crippen LogP contribution in [0.1, 0.15) is 19.3 Å². The van der Waals surface area contributed by atoms with Crippen molar-refractivity contribution in [1.82, 2.24) is 0 Å². The molecule has 4 N–H and O–H groups in total. The first-order valence-electron chi connectivity index (χ1n) is 9.34. The van der Waals surface area contributed by atoms with Gasteiger partial charge in [-0.2, -0.15) is 0 Å². The first-order chi connectivity index (χ1) is 14.0. The molecular weight excluding hydrogens is 374 g/mol. The number of amides is 3. The highest BCUT2D eigenvalue weighted by atomic mass is 16.5. The molecule has 0 saturated heterocycles. The number of carbonyl (C=O) groups excluding carboxylic acids is 3. The summed E-state index contributed by atoms with van der Waals surface area (Å²) in [5.41, 5.74) is 6.29. The number of primary amides is 1. The Morgan fingerprint density at radius 2 is 1.69 bits per heavy atom. The fourth-order valence-electron chi connectivity index (χ4n) is 2.50. The number of anilines is 2. The van der Waals surface area contributed by atoms with Gasteiger partial charge in [-0.15, -0.1) is 0 Å². The van der Waals surface area contributed by atoms with Gasteiger partial charge >= 0.3 is 0 Å². The number of carbonyl (C=O) groups is 3. The van der Waals surface area contributed by atoms with Crippen molar-refractivity contribution < 1.29 is 23.9 Å². The number of benzene rings is 2. The number of hydrogen-bond donors (Lipinski definition) is 3. The van der Waals surface area contributed by atoms with Crippen molar-refractivity contribution in [2.45, 2.75) is 19.3 Å². The van der Waals surface area contributed by atoms with Crippen LogP contribution in [0.5, 0.6) is 11.5 Å². The maximum atomic E-state index is 12.1. The van der Waals surface area contributed by atoms with E-state index >= 15 is 0 Å². The van der Waals surface area contributed by atoms with Gasteiger partial charge in [0.15, 0.2) is 6.61 Å². The zero-order valence-corrected chi connectivity index (χ0v) is 15.9. The normalized spacial score (nSPS) is 12.7. The lowest BCUT2D eigenvalue weighted by Crippen LogP contribution is -2.20. The Bertz CT molecular complexity index is 878. The molecule has 0 radical (unpaired) electrons. The van der Waals surface area contributed by atoms with Crippen molar-refractivity contribution in [3.05, 3.63) is 48.5 Å². The summed E-state index contributed by atoms with van der Waals surface area (Å²) in [5, 5.41) is 5.56. The van der Waals surface area contributed by atoms with Crippen molar-refractivity contribution in [2.24, 2.45) is 11.7 Å². The zero-order valence-electron chi connectivity index (χ0n) is 15.9. The third kappa shape index (κ3) is 6.84. The summed E-state index contributed by atoms with van der Waals surface area (Å²) in [5.74, 6) is 0.453. The highest BCUT2D eigenvalue weighted by Gasteiger charge is 2.29. The van der Waals surface area contributed by atoms with E-state index in [1.807, 2.05) is 0 Å². The first kappa shape index (κ1) is 20.2. The van der Waals surface area contributed by atoms with Crippen molar-refractivity contribution in [3.63, 3.8) is 0 Å². The van der Waals surface area contributed by atoms with Crippen LogP contribution in [0.15, 0.2) is 48.5 Å². The molecule has 0 bridgehead atoms. The Kier molecular flexibility index (Phi) is 6.67. The standard InChI is InChI=1S/C21H23N3O5/c22-19(25)10-11-28-17-8-6-15(7-9-17)23-20(26)13-29-18-3-1-2-16(12-18)24-21(27)14-4-5-14/h1-3,6-9,12,14H,4-5,10-11,13H2,(H2,22,25)(H,23,26)(H,24,27). The summed E-state index contributed by atoms with van der Waals surface area (Å²) in [6.07, 6.45) is 2.01. The van der Waals surface area contributed by atoms with Crippen LogP contribution in [0.3, 0.4) is 0 Å². The van der Waals surface area contributed by atoms with E-state index in [4.69, 9.17) is 15.2 Å². The van der Waals surface area contributed by atoms with E-state index in [0.29, 0.717) is 22.9 Å². The highest BCUT2D eigenvalue weighted by molar-refractivity contribution is 5.94. The van der Waals surface area contributed by atoms with Crippen molar-refractivity contribution >= 4 is 29.1 Å². The van der Waals surface area contributed by atoms with Gasteiger partial charge in [-0.25, -0.2) is 0 Å². The Balaban J connectivity index is 1.43. The fraction of sp³-hybridized carbons (Fsp3) is 0.286. The van der Waals surface area contributed by atoms with Gasteiger partial charge in [0.2, 0.25) is 11.8 Å². The van der Waals surface area contributed by atoms with Crippen LogP contribution in [-0.2, 0) is 14.4 Å². The summed E-state index contributed by atoms with van der Waals surface area (Å²) >= 11 is 0. The van der Waals surface area contributed by atoms with Gasteiger partial charge in [-0.1, -0.05) is 6.07 Å². The molecule has 8 heteroatoms. The van der Waals surface area contributed by atoms with Crippen molar-refractivity contribution in [1.29, 1.82) is 0 Å². The molecule has 8 nitrogen and oxygen atoms in total. The van der Waals surface area contributed by atoms with E-state index in [1.54, 1.807) is 48.5 Å². The van der Waals surface area contributed by atoms with Crippen molar-refractivity contribution in [2.75, 3.05) is 23.8 Å². The van der Waals surface area contributed by atoms with Crippen LogP contribution in [0, 0.1) is 5.92 Å². The molecule has 152 valence electrons. The molecule has 0 heterocycles. The molecule has 0 aliphatic heterocycles. The topological polar surface area (TPSA) is 120 Å². The average Bonchev–Trinajstić information content (AvgIpc) is 3.53. The summed E-state index contributed by atoms with van der Waals surface area (Å²) in [6.45, 7) is 0.0337. The predicted molar refractivity (Wildman–Crippen MR) is 108 cm³/mol. The maximum absolute atomic E-state index is 12.1. The van der Waals surface area contributed by atoms with Gasteiger partial charge < -0.3 is 25.8 Å². The number of nitrogens with two attached hydrogens (primary N) is 1. The molecule has 3 amide bonds. The summed E-state index contributed by atoms with van der Waals surface area (Å²) in [7, 11) is 0. The molecule has 2 aromatic carbocycles. The molecule has 1 aliphatic carbocycles. The van der Waals surface area contributed by atoms with Gasteiger partial charge in [0.25, 0.3) is 5.91 Å². The number of hydrogen-bond acceptors (Lipinski definition) is 5. The molecule has 0 atom stereocenters. The quantitative estimate of drug-likeness (QED) is 0.568. The molecule has 29 heavy (non-hydrogen) atoms. The molecular formula is C21H23N3O5. The first-order valence-corrected chi connectivity index (χ1v) is 9.34. The SMILES string of the molecule is NC(=O)CCOc1ccc(NC(=O)COc2cccc(NC(=O)C3CC3)c2)cc1. The van der Waals surface area contributed by atoms with E-state index in [0.717, 1.165) is 12.8 Å². The Morgan fingerprint density at radius 1 is 0.931 bits per heavy atom. The van der Waals surface area contributed by atoms with Gasteiger partial charge in [-0.3, -0.25) is 14.4 Å². The summed E-state index contributed by atoms with van der Waals surface area (Å²) < 4.78 is 10.9. The minimum atomic E-state index is -0.426. The molecule has 1 saturated carbocycles. The number of nitrogens with one attached hydrogen (secondary N) is 2. The van der Waals surface area contributed by atoms with Crippen LogP contribution in [0.2, 0.25) is 0 Å². The van der Waals surface area contributed by atoms with Crippen LogP contribution >= 0.6 is 0 Å². The lowest BCUT2D eigenvalue weighted by Gasteiger charge is -2.10. The highest BCUT2D eigenvalue weighted by Crippen LogP contribution is 2.30. The Hall–Kier alpha value is -3.55. The van der Waals surface area contributed by atoms with E-state index in [2.05, 4.69) is 10.6 Å². The molecule has 3 rings (SSSR count). The van der Waals surface area contributed by atoms with Crippen LogP contribution < -0.4 is 25.8 Å². The largest absolute Gasteiger partial charge is 0.493 e. The molecule has 0 unspecified atom stereocenters. The average molecular weight is 397 g/mol. The second-order valence-corrected chi connectivity index (χ2v) is 6.72.